The van der Waals surface area contributed by atoms with E-state index in [9.17, 15) is 13.2 Å². The lowest BCUT2D eigenvalue weighted by atomic mass is 9.99. The number of rotatable bonds is 2. The van der Waals surface area contributed by atoms with Crippen LogP contribution in [0.25, 0.3) is 11.3 Å². The Balaban J connectivity index is 2.92. The first-order valence-corrected chi connectivity index (χ1v) is 5.87. The number of nitrogens with two attached hydrogens (primary N) is 2. The first-order chi connectivity index (χ1) is 10.3. The van der Waals surface area contributed by atoms with Gasteiger partial charge in [-0.1, -0.05) is 6.07 Å². The summed E-state index contributed by atoms with van der Waals surface area (Å²) >= 11 is 0. The molecule has 0 bridgehead atoms. The van der Waals surface area contributed by atoms with E-state index in [2.05, 4.69) is 9.97 Å². The summed E-state index contributed by atoms with van der Waals surface area (Å²) in [5.74, 6) is -0.751. The van der Waals surface area contributed by atoms with Gasteiger partial charge in [0.1, 0.15) is 28.9 Å². The van der Waals surface area contributed by atoms with Crippen molar-refractivity contribution in [3.05, 3.63) is 29.3 Å². The van der Waals surface area contributed by atoms with Crippen molar-refractivity contribution in [1.29, 1.82) is 5.26 Å². The van der Waals surface area contributed by atoms with E-state index in [0.29, 0.717) is 0 Å². The molecule has 4 N–H and O–H groups in total. The fourth-order valence-electron chi connectivity index (χ4n) is 1.97. The van der Waals surface area contributed by atoms with E-state index >= 15 is 0 Å². The number of halogens is 3. The number of hydrogen-bond donors (Lipinski definition) is 2. The molecule has 2 aromatic rings. The topological polar surface area (TPSA) is 111 Å². The van der Waals surface area contributed by atoms with Gasteiger partial charge in [-0.25, -0.2) is 4.98 Å². The Kier molecular flexibility index (Phi) is 3.77. The number of hydrogen-bond acceptors (Lipinski definition) is 6. The van der Waals surface area contributed by atoms with Crippen molar-refractivity contribution < 1.29 is 17.9 Å². The highest BCUT2D eigenvalue weighted by Gasteiger charge is 2.36. The second-order valence-electron chi connectivity index (χ2n) is 4.18. The number of ether oxygens (including phenoxy) is 1. The van der Waals surface area contributed by atoms with E-state index < -0.39 is 17.3 Å². The Morgan fingerprint density at radius 3 is 2.45 bits per heavy atom. The molecule has 9 heteroatoms. The first kappa shape index (κ1) is 15.4. The molecule has 0 amide bonds. The van der Waals surface area contributed by atoms with Crippen LogP contribution >= 0.6 is 0 Å². The van der Waals surface area contributed by atoms with Crippen LogP contribution in [0.5, 0.6) is 5.75 Å². The Labute approximate surface area is 123 Å². The highest BCUT2D eigenvalue weighted by Crippen LogP contribution is 2.43. The predicted molar refractivity (Wildman–Crippen MR) is 72.6 cm³/mol. The van der Waals surface area contributed by atoms with Crippen molar-refractivity contribution >= 4 is 11.8 Å². The quantitative estimate of drug-likeness (QED) is 0.879. The highest BCUT2D eigenvalue weighted by molar-refractivity contribution is 5.80. The Morgan fingerprint density at radius 1 is 1.23 bits per heavy atom. The molecule has 6 nitrogen and oxygen atoms in total. The zero-order valence-electron chi connectivity index (χ0n) is 11.3. The molecule has 0 saturated heterocycles. The van der Waals surface area contributed by atoms with Crippen LogP contribution < -0.4 is 16.2 Å². The monoisotopic (exact) mass is 309 g/mol. The molecular weight excluding hydrogens is 299 g/mol. The third-order valence-corrected chi connectivity index (χ3v) is 2.85. The summed E-state index contributed by atoms with van der Waals surface area (Å²) in [5, 5.41) is 9.14. The summed E-state index contributed by atoms with van der Waals surface area (Å²) in [6.07, 6.45) is -4.68. The fraction of sp³-hybridized carbons (Fsp3) is 0.154. The van der Waals surface area contributed by atoms with Crippen molar-refractivity contribution in [3.8, 4) is 23.1 Å². The molecule has 1 aromatic carbocycles. The molecular formula is C13H10F3N5O. The minimum Gasteiger partial charge on any atom is -0.496 e. The molecule has 0 fully saturated rings. The average molecular weight is 309 g/mol. The maximum atomic E-state index is 13.2. The van der Waals surface area contributed by atoms with Gasteiger partial charge < -0.3 is 16.2 Å². The zero-order chi connectivity index (χ0) is 16.5. The maximum absolute atomic E-state index is 13.2. The van der Waals surface area contributed by atoms with Crippen molar-refractivity contribution in [2.24, 2.45) is 0 Å². The van der Waals surface area contributed by atoms with E-state index in [4.69, 9.17) is 21.5 Å². The molecule has 0 atom stereocenters. The molecule has 0 aliphatic rings. The summed E-state index contributed by atoms with van der Waals surface area (Å²) in [7, 11) is 1.21. The largest absolute Gasteiger partial charge is 0.496 e. The number of nitrogen functional groups attached to an aromatic ring is 2. The Hall–Kier alpha value is -3.02. The van der Waals surface area contributed by atoms with Crippen molar-refractivity contribution in [2.45, 2.75) is 6.18 Å². The van der Waals surface area contributed by atoms with Gasteiger partial charge in [0, 0.05) is 0 Å². The lowest BCUT2D eigenvalue weighted by molar-refractivity contribution is -0.137. The van der Waals surface area contributed by atoms with Crippen molar-refractivity contribution in [1.82, 2.24) is 9.97 Å². The second kappa shape index (κ2) is 5.40. The smallest absolute Gasteiger partial charge is 0.417 e. The van der Waals surface area contributed by atoms with Crippen LogP contribution in [0.2, 0.25) is 0 Å². The van der Waals surface area contributed by atoms with Gasteiger partial charge in [-0.3, -0.25) is 0 Å². The molecule has 0 unspecified atom stereocenters. The third kappa shape index (κ3) is 2.58. The van der Waals surface area contributed by atoms with Gasteiger partial charge in [-0.05, 0) is 12.1 Å². The standard InChI is InChI=1S/C13H10F3N5O/c1-22-8-4-2-3-7(13(14,15)16)9(8)10-6(5-17)11(18)21-12(19)20-10/h2-4H,1H3,(H4,18,19,20,21). The van der Waals surface area contributed by atoms with Crippen LogP contribution in [0.3, 0.4) is 0 Å². The minimum atomic E-state index is -4.68. The summed E-state index contributed by atoms with van der Waals surface area (Å²) in [6, 6.07) is 5.05. The van der Waals surface area contributed by atoms with Crippen molar-refractivity contribution in [3.63, 3.8) is 0 Å². The molecule has 1 aromatic heterocycles. The molecule has 0 saturated carbocycles. The highest BCUT2D eigenvalue weighted by atomic mass is 19.4. The SMILES string of the molecule is COc1cccc(C(F)(F)F)c1-c1nc(N)nc(N)c1C#N. The molecule has 1 heterocycles. The van der Waals surface area contributed by atoms with Gasteiger partial charge in [0.15, 0.2) is 0 Å². The van der Waals surface area contributed by atoms with Crippen molar-refractivity contribution in [2.75, 3.05) is 18.6 Å². The van der Waals surface area contributed by atoms with Crippen LogP contribution in [-0.2, 0) is 6.18 Å². The lowest BCUT2D eigenvalue weighted by Crippen LogP contribution is -2.11. The van der Waals surface area contributed by atoms with Gasteiger partial charge >= 0.3 is 6.18 Å². The van der Waals surface area contributed by atoms with Crippen LogP contribution in [0.15, 0.2) is 18.2 Å². The molecule has 0 aliphatic heterocycles. The van der Waals surface area contributed by atoms with E-state index in [1.165, 1.54) is 19.2 Å². The summed E-state index contributed by atoms with van der Waals surface area (Å²) in [4.78, 5) is 7.32. The van der Waals surface area contributed by atoms with Gasteiger partial charge in [-0.2, -0.15) is 23.4 Å². The molecule has 0 radical (unpaired) electrons. The average Bonchev–Trinajstić information content (AvgIpc) is 2.44. The number of nitriles is 1. The molecule has 0 aliphatic carbocycles. The van der Waals surface area contributed by atoms with E-state index in [-0.39, 0.29) is 28.8 Å². The minimum absolute atomic E-state index is 0.108. The van der Waals surface area contributed by atoms with E-state index in [1.807, 2.05) is 0 Å². The maximum Gasteiger partial charge on any atom is 0.417 e. The number of aromatic nitrogens is 2. The van der Waals surface area contributed by atoms with E-state index in [0.717, 1.165) is 6.07 Å². The van der Waals surface area contributed by atoms with Crippen LogP contribution in [0.1, 0.15) is 11.1 Å². The number of benzene rings is 1. The number of anilines is 2. The molecule has 2 rings (SSSR count). The van der Waals surface area contributed by atoms with Gasteiger partial charge in [0.25, 0.3) is 0 Å². The molecule has 0 spiro atoms. The number of alkyl halides is 3. The Bertz CT molecular complexity index is 767. The first-order valence-electron chi connectivity index (χ1n) is 5.87. The Morgan fingerprint density at radius 2 is 1.91 bits per heavy atom. The van der Waals surface area contributed by atoms with Crippen LogP contribution in [0, 0.1) is 11.3 Å². The number of methoxy groups -OCH3 is 1. The van der Waals surface area contributed by atoms with E-state index in [1.54, 1.807) is 6.07 Å². The third-order valence-electron chi connectivity index (χ3n) is 2.85. The summed E-state index contributed by atoms with van der Waals surface area (Å²) in [6.45, 7) is 0. The summed E-state index contributed by atoms with van der Waals surface area (Å²) < 4.78 is 44.7. The van der Waals surface area contributed by atoms with Gasteiger partial charge in [0.2, 0.25) is 5.95 Å². The lowest BCUT2D eigenvalue weighted by Gasteiger charge is -2.17. The normalized spacial score (nSPS) is 11.0. The number of nitrogens with zero attached hydrogens (tertiary/aromatic N) is 3. The molecule has 22 heavy (non-hydrogen) atoms. The van der Waals surface area contributed by atoms with Crippen LogP contribution in [0.4, 0.5) is 24.9 Å². The molecule has 114 valence electrons. The summed E-state index contributed by atoms with van der Waals surface area (Å²) in [5.41, 5.74) is 8.94. The second-order valence-corrected chi connectivity index (χ2v) is 4.18. The fourth-order valence-corrected chi connectivity index (χ4v) is 1.97. The van der Waals surface area contributed by atoms with Gasteiger partial charge in [0.05, 0.1) is 18.2 Å². The zero-order valence-corrected chi connectivity index (χ0v) is 11.3. The predicted octanol–water partition coefficient (Wildman–Crippen LogP) is 2.21. The van der Waals surface area contributed by atoms with Crippen LogP contribution in [-0.4, -0.2) is 17.1 Å². The van der Waals surface area contributed by atoms with Gasteiger partial charge in [-0.15, -0.1) is 0 Å².